The third-order valence-corrected chi connectivity index (χ3v) is 5.95. The van der Waals surface area contributed by atoms with Crippen molar-refractivity contribution in [3.63, 3.8) is 0 Å². The Hall–Kier alpha value is -1.89. The Morgan fingerprint density at radius 2 is 2.11 bits per heavy atom. The van der Waals surface area contributed by atoms with Crippen molar-refractivity contribution in [1.82, 2.24) is 4.90 Å². The van der Waals surface area contributed by atoms with Crippen LogP contribution in [0.2, 0.25) is 4.34 Å². The van der Waals surface area contributed by atoms with Gasteiger partial charge in [-0.25, -0.2) is 0 Å². The van der Waals surface area contributed by atoms with E-state index in [1.54, 1.807) is 17.0 Å². The average molecular weight is 407 g/mol. The number of ether oxygens (including phenoxy) is 1. The summed E-state index contributed by atoms with van der Waals surface area (Å²) in [6.07, 6.45) is 1.85. The summed E-state index contributed by atoms with van der Waals surface area (Å²) < 4.78 is 6.21. The maximum absolute atomic E-state index is 12.9. The predicted molar refractivity (Wildman–Crippen MR) is 109 cm³/mol. The molecule has 0 aliphatic carbocycles. The molecule has 1 fully saturated rings. The molecule has 144 valence electrons. The monoisotopic (exact) mass is 406 g/mol. The van der Waals surface area contributed by atoms with Crippen LogP contribution in [0.5, 0.6) is 0 Å². The summed E-state index contributed by atoms with van der Waals surface area (Å²) in [5, 5.41) is 2.92. The highest BCUT2D eigenvalue weighted by atomic mass is 35.5. The van der Waals surface area contributed by atoms with Gasteiger partial charge in [-0.2, -0.15) is 0 Å². The minimum Gasteiger partial charge on any atom is -0.376 e. The second-order valence-corrected chi connectivity index (χ2v) is 8.44. The highest BCUT2D eigenvalue weighted by molar-refractivity contribution is 7.17. The average Bonchev–Trinajstić information content (AvgIpc) is 3.29. The Kier molecular flexibility index (Phi) is 6.52. The van der Waals surface area contributed by atoms with Crippen LogP contribution in [0.3, 0.4) is 0 Å². The van der Waals surface area contributed by atoms with E-state index in [9.17, 15) is 9.59 Å². The molecular weight excluding hydrogens is 384 g/mol. The first-order chi connectivity index (χ1) is 12.9. The normalized spacial score (nSPS) is 16.3. The lowest BCUT2D eigenvalue weighted by molar-refractivity contribution is -0.117. The highest BCUT2D eigenvalue weighted by Gasteiger charge is 2.26. The van der Waals surface area contributed by atoms with Gasteiger partial charge in [0.1, 0.15) is 6.54 Å². The molecule has 1 aliphatic heterocycles. The largest absolute Gasteiger partial charge is 0.376 e. The van der Waals surface area contributed by atoms with E-state index in [4.69, 9.17) is 16.3 Å². The van der Waals surface area contributed by atoms with E-state index < -0.39 is 0 Å². The van der Waals surface area contributed by atoms with Gasteiger partial charge in [-0.15, -0.1) is 11.3 Å². The maximum atomic E-state index is 12.9. The van der Waals surface area contributed by atoms with Crippen LogP contribution in [-0.2, 0) is 9.53 Å². The number of thiophene rings is 1. The van der Waals surface area contributed by atoms with Gasteiger partial charge in [-0.1, -0.05) is 23.7 Å². The van der Waals surface area contributed by atoms with E-state index in [-0.39, 0.29) is 24.5 Å². The van der Waals surface area contributed by atoms with Crippen LogP contribution in [-0.4, -0.2) is 42.5 Å². The molecule has 1 atom stereocenters. The van der Waals surface area contributed by atoms with Gasteiger partial charge in [-0.3, -0.25) is 9.59 Å². The molecule has 0 spiro atoms. The van der Waals surface area contributed by atoms with Crippen molar-refractivity contribution in [2.75, 3.05) is 25.0 Å². The molecule has 1 aromatic heterocycles. The molecule has 0 saturated carbocycles. The Balaban J connectivity index is 1.72. The van der Waals surface area contributed by atoms with E-state index in [0.29, 0.717) is 22.4 Å². The van der Waals surface area contributed by atoms with Crippen LogP contribution in [0.25, 0.3) is 0 Å². The number of rotatable bonds is 6. The minimum absolute atomic E-state index is 0.0262. The number of anilines is 1. The Morgan fingerprint density at radius 1 is 1.30 bits per heavy atom. The van der Waals surface area contributed by atoms with Crippen molar-refractivity contribution in [3.8, 4) is 0 Å². The molecule has 1 aromatic carbocycles. The molecule has 7 heteroatoms. The topological polar surface area (TPSA) is 58.6 Å². The molecule has 5 nitrogen and oxygen atoms in total. The molecule has 0 bridgehead atoms. The quantitative estimate of drug-likeness (QED) is 0.778. The van der Waals surface area contributed by atoms with Gasteiger partial charge in [0.2, 0.25) is 5.91 Å². The van der Waals surface area contributed by atoms with Gasteiger partial charge in [0.05, 0.1) is 15.3 Å². The number of nitrogens with zero attached hydrogens (tertiary/aromatic N) is 1. The Bertz CT molecular complexity index is 830. The summed E-state index contributed by atoms with van der Waals surface area (Å²) in [4.78, 5) is 27.6. The first-order valence-corrected chi connectivity index (χ1v) is 10.2. The van der Waals surface area contributed by atoms with Crippen molar-refractivity contribution in [1.29, 1.82) is 0 Å². The number of carbonyl (C=O) groups is 2. The number of nitrogens with one attached hydrogen (secondary N) is 1. The van der Waals surface area contributed by atoms with E-state index in [1.165, 1.54) is 11.3 Å². The summed E-state index contributed by atoms with van der Waals surface area (Å²) >= 11 is 7.19. The molecule has 2 heterocycles. The van der Waals surface area contributed by atoms with Crippen molar-refractivity contribution >= 4 is 40.4 Å². The Labute approximate surface area is 168 Å². The van der Waals surface area contributed by atoms with Gasteiger partial charge in [0.25, 0.3) is 5.91 Å². The number of aryl methyl sites for hydroxylation is 1. The SMILES string of the molecule is Cc1cccc(NC(=O)CN(CC2CCCO2)C(=O)c2ccc(Cl)s2)c1C. The lowest BCUT2D eigenvalue weighted by atomic mass is 10.1. The third-order valence-electron chi connectivity index (χ3n) is 4.73. The van der Waals surface area contributed by atoms with Crippen LogP contribution >= 0.6 is 22.9 Å². The molecule has 27 heavy (non-hydrogen) atoms. The van der Waals surface area contributed by atoms with Crippen LogP contribution in [0.1, 0.15) is 33.6 Å². The summed E-state index contributed by atoms with van der Waals surface area (Å²) in [5.74, 6) is -0.420. The molecule has 1 aliphatic rings. The third kappa shape index (κ3) is 5.09. The van der Waals surface area contributed by atoms with Gasteiger partial charge in [-0.05, 0) is 56.0 Å². The van der Waals surface area contributed by atoms with Gasteiger partial charge in [0, 0.05) is 18.8 Å². The van der Waals surface area contributed by atoms with Crippen LogP contribution in [0, 0.1) is 13.8 Å². The van der Waals surface area contributed by atoms with Crippen LogP contribution < -0.4 is 5.32 Å². The van der Waals surface area contributed by atoms with Crippen LogP contribution in [0.15, 0.2) is 30.3 Å². The smallest absolute Gasteiger partial charge is 0.264 e. The maximum Gasteiger partial charge on any atom is 0.264 e. The molecule has 1 saturated heterocycles. The van der Waals surface area contributed by atoms with E-state index in [1.807, 2.05) is 32.0 Å². The predicted octanol–water partition coefficient (Wildman–Crippen LogP) is 4.28. The van der Waals surface area contributed by atoms with Crippen molar-refractivity contribution < 1.29 is 14.3 Å². The van der Waals surface area contributed by atoms with E-state index in [2.05, 4.69) is 5.32 Å². The van der Waals surface area contributed by atoms with E-state index >= 15 is 0 Å². The lowest BCUT2D eigenvalue weighted by Gasteiger charge is -2.24. The zero-order valence-corrected chi connectivity index (χ0v) is 17.0. The van der Waals surface area contributed by atoms with Gasteiger partial charge < -0.3 is 15.0 Å². The molecular formula is C20H23ClN2O3S. The fourth-order valence-electron chi connectivity index (χ4n) is 3.09. The van der Waals surface area contributed by atoms with Crippen molar-refractivity contribution in [2.45, 2.75) is 32.8 Å². The van der Waals surface area contributed by atoms with Crippen LogP contribution in [0.4, 0.5) is 5.69 Å². The molecule has 1 N–H and O–H groups in total. The highest BCUT2D eigenvalue weighted by Crippen LogP contribution is 2.24. The molecule has 3 rings (SSSR count). The number of amides is 2. The number of benzene rings is 1. The molecule has 0 radical (unpaired) electrons. The summed E-state index contributed by atoms with van der Waals surface area (Å²) in [5.41, 5.74) is 2.89. The fraction of sp³-hybridized carbons (Fsp3) is 0.400. The Morgan fingerprint density at radius 3 is 2.78 bits per heavy atom. The first-order valence-electron chi connectivity index (χ1n) is 8.96. The van der Waals surface area contributed by atoms with Crippen molar-refractivity contribution in [3.05, 3.63) is 50.7 Å². The fourth-order valence-corrected chi connectivity index (χ4v) is 4.10. The summed E-state index contributed by atoms with van der Waals surface area (Å²) in [7, 11) is 0. The van der Waals surface area contributed by atoms with Crippen molar-refractivity contribution in [2.24, 2.45) is 0 Å². The molecule has 2 amide bonds. The van der Waals surface area contributed by atoms with E-state index in [0.717, 1.165) is 29.7 Å². The standard InChI is InChI=1S/C20H23ClN2O3S/c1-13-5-3-7-16(14(13)2)22-19(24)12-23(11-15-6-4-10-26-15)20(25)17-8-9-18(21)27-17/h3,5,7-9,15H,4,6,10-12H2,1-2H3,(H,22,24). The second-order valence-electron chi connectivity index (χ2n) is 6.72. The van der Waals surface area contributed by atoms with Gasteiger partial charge in [0.15, 0.2) is 0 Å². The lowest BCUT2D eigenvalue weighted by Crippen LogP contribution is -2.42. The zero-order valence-electron chi connectivity index (χ0n) is 15.5. The summed E-state index contributed by atoms with van der Waals surface area (Å²) in [6, 6.07) is 9.16. The number of halogens is 1. The number of hydrogen-bond acceptors (Lipinski definition) is 4. The molecule has 2 aromatic rings. The zero-order chi connectivity index (χ0) is 19.4. The first kappa shape index (κ1) is 19.9. The number of carbonyl (C=O) groups excluding carboxylic acids is 2. The second kappa shape index (κ2) is 8.87. The summed E-state index contributed by atoms with van der Waals surface area (Å²) in [6.45, 7) is 5.04. The minimum atomic E-state index is -0.224. The number of hydrogen-bond donors (Lipinski definition) is 1. The molecule has 1 unspecified atom stereocenters. The van der Waals surface area contributed by atoms with Gasteiger partial charge >= 0.3 is 0 Å².